The van der Waals surface area contributed by atoms with Gasteiger partial charge in [-0.1, -0.05) is 30.0 Å². The molecule has 0 atom stereocenters. The van der Waals surface area contributed by atoms with E-state index in [2.05, 4.69) is 10.2 Å². The van der Waals surface area contributed by atoms with Gasteiger partial charge in [0.2, 0.25) is 0 Å². The Morgan fingerprint density at radius 2 is 1.74 bits per heavy atom. The van der Waals surface area contributed by atoms with Crippen LogP contribution in [0.5, 0.6) is 0 Å². The number of thioether (sulfide) groups is 1. The van der Waals surface area contributed by atoms with Gasteiger partial charge in [-0.05, 0) is 35.9 Å². The number of hydrogen-bond donors (Lipinski definition) is 0. The van der Waals surface area contributed by atoms with Crippen molar-refractivity contribution in [2.45, 2.75) is 17.1 Å². The first-order chi connectivity index (χ1) is 12.8. The van der Waals surface area contributed by atoms with Crippen LogP contribution in [0.15, 0.2) is 53.7 Å². The second kappa shape index (κ2) is 7.64. The van der Waals surface area contributed by atoms with Crippen molar-refractivity contribution in [2.75, 3.05) is 19.0 Å². The Labute approximate surface area is 160 Å². The summed E-state index contributed by atoms with van der Waals surface area (Å²) in [5, 5.41) is 9.06. The Bertz CT molecular complexity index is 917. The fourth-order valence-corrected chi connectivity index (χ4v) is 3.44. The molecule has 0 fully saturated rings. The molecular weight excluding hydrogens is 373 g/mol. The zero-order chi connectivity index (χ0) is 19.6. The summed E-state index contributed by atoms with van der Waals surface area (Å²) in [6.07, 6.45) is -4.34. The predicted molar refractivity (Wildman–Crippen MR) is 102 cm³/mol. The zero-order valence-electron chi connectivity index (χ0n) is 15.2. The third-order valence-corrected chi connectivity index (χ3v) is 5.19. The minimum absolute atomic E-state index is 0.384. The predicted octanol–water partition coefficient (Wildman–Crippen LogP) is 4.86. The lowest BCUT2D eigenvalue weighted by molar-refractivity contribution is -0.137. The summed E-state index contributed by atoms with van der Waals surface area (Å²) in [6, 6.07) is 13.3. The lowest BCUT2D eigenvalue weighted by Gasteiger charge is -2.12. The first-order valence-corrected chi connectivity index (χ1v) is 9.20. The second-order valence-corrected chi connectivity index (χ2v) is 7.24. The molecule has 3 aromatic rings. The lowest BCUT2D eigenvalue weighted by Crippen LogP contribution is -2.08. The normalized spacial score (nSPS) is 11.6. The maximum Gasteiger partial charge on any atom is 0.416 e. The number of benzene rings is 2. The largest absolute Gasteiger partial charge is 0.416 e. The van der Waals surface area contributed by atoms with E-state index in [9.17, 15) is 13.2 Å². The topological polar surface area (TPSA) is 34.0 Å². The smallest absolute Gasteiger partial charge is 0.378 e. The quantitative estimate of drug-likeness (QED) is 0.581. The summed E-state index contributed by atoms with van der Waals surface area (Å²) < 4.78 is 40.3. The van der Waals surface area contributed by atoms with Gasteiger partial charge in [0.15, 0.2) is 11.0 Å². The lowest BCUT2D eigenvalue weighted by atomic mass is 10.1. The van der Waals surface area contributed by atoms with Crippen LogP contribution in [0.25, 0.3) is 11.4 Å². The average Bonchev–Trinajstić information content (AvgIpc) is 3.00. The molecule has 1 aromatic heterocycles. The molecule has 2 aromatic carbocycles. The van der Waals surface area contributed by atoms with Crippen LogP contribution in [-0.2, 0) is 19.0 Å². The monoisotopic (exact) mass is 392 g/mol. The minimum Gasteiger partial charge on any atom is -0.378 e. The van der Waals surface area contributed by atoms with E-state index in [1.807, 2.05) is 54.9 Å². The number of nitrogens with zero attached hydrogens (tertiary/aromatic N) is 4. The van der Waals surface area contributed by atoms with Crippen molar-refractivity contribution in [1.29, 1.82) is 0 Å². The molecule has 27 heavy (non-hydrogen) atoms. The highest BCUT2D eigenvalue weighted by molar-refractivity contribution is 7.98. The Morgan fingerprint density at radius 3 is 2.37 bits per heavy atom. The molecule has 0 unspecified atom stereocenters. The maximum atomic E-state index is 12.8. The van der Waals surface area contributed by atoms with E-state index in [0.717, 1.165) is 17.3 Å². The molecule has 0 aliphatic carbocycles. The number of hydrogen-bond acceptors (Lipinski definition) is 4. The Kier molecular flexibility index (Phi) is 5.46. The molecule has 0 saturated heterocycles. The molecule has 3 rings (SSSR count). The van der Waals surface area contributed by atoms with Crippen molar-refractivity contribution >= 4 is 17.4 Å². The van der Waals surface area contributed by atoms with Crippen molar-refractivity contribution in [3.8, 4) is 11.4 Å². The number of rotatable bonds is 5. The molecule has 0 spiro atoms. The Balaban J connectivity index is 1.74. The van der Waals surface area contributed by atoms with Gasteiger partial charge in [-0.2, -0.15) is 13.2 Å². The zero-order valence-corrected chi connectivity index (χ0v) is 16.0. The molecule has 0 amide bonds. The van der Waals surface area contributed by atoms with Gasteiger partial charge in [-0.3, -0.25) is 0 Å². The highest BCUT2D eigenvalue weighted by Gasteiger charge is 2.30. The minimum atomic E-state index is -4.34. The summed E-state index contributed by atoms with van der Waals surface area (Å²) >= 11 is 1.36. The van der Waals surface area contributed by atoms with Crippen molar-refractivity contribution in [3.05, 3.63) is 59.7 Å². The molecule has 142 valence electrons. The van der Waals surface area contributed by atoms with Crippen molar-refractivity contribution < 1.29 is 13.2 Å². The van der Waals surface area contributed by atoms with E-state index in [4.69, 9.17) is 0 Å². The average molecular weight is 392 g/mol. The highest BCUT2D eigenvalue weighted by atomic mass is 32.2. The molecule has 0 aliphatic heterocycles. The molecule has 0 bridgehead atoms. The third-order valence-electron chi connectivity index (χ3n) is 4.10. The van der Waals surface area contributed by atoms with E-state index in [-0.39, 0.29) is 0 Å². The van der Waals surface area contributed by atoms with Crippen LogP contribution in [0.4, 0.5) is 18.9 Å². The van der Waals surface area contributed by atoms with Crippen LogP contribution in [0.2, 0.25) is 0 Å². The fourth-order valence-electron chi connectivity index (χ4n) is 2.59. The van der Waals surface area contributed by atoms with Gasteiger partial charge in [0, 0.05) is 38.1 Å². The number of alkyl halides is 3. The highest BCUT2D eigenvalue weighted by Crippen LogP contribution is 2.31. The van der Waals surface area contributed by atoms with E-state index in [1.54, 1.807) is 6.07 Å². The van der Waals surface area contributed by atoms with Gasteiger partial charge in [-0.15, -0.1) is 10.2 Å². The molecule has 0 radical (unpaired) electrons. The molecule has 0 aliphatic rings. The third kappa shape index (κ3) is 4.44. The van der Waals surface area contributed by atoms with Gasteiger partial charge in [0.25, 0.3) is 0 Å². The van der Waals surface area contributed by atoms with Crippen molar-refractivity contribution in [1.82, 2.24) is 14.8 Å². The molecule has 1 heterocycles. The van der Waals surface area contributed by atoms with Crippen LogP contribution >= 0.6 is 11.8 Å². The van der Waals surface area contributed by atoms with Crippen LogP contribution in [-0.4, -0.2) is 28.9 Å². The van der Waals surface area contributed by atoms with Gasteiger partial charge < -0.3 is 9.47 Å². The number of halogens is 3. The summed E-state index contributed by atoms with van der Waals surface area (Å²) in [4.78, 5) is 2.01. The Hall–Kier alpha value is -2.48. The van der Waals surface area contributed by atoms with E-state index in [1.165, 1.54) is 23.9 Å². The maximum absolute atomic E-state index is 12.8. The van der Waals surface area contributed by atoms with Gasteiger partial charge in [0.1, 0.15) is 0 Å². The summed E-state index contributed by atoms with van der Waals surface area (Å²) in [6.45, 7) is 0. The van der Waals surface area contributed by atoms with Crippen LogP contribution in [0, 0.1) is 0 Å². The van der Waals surface area contributed by atoms with Crippen molar-refractivity contribution in [2.24, 2.45) is 7.05 Å². The molecule has 4 nitrogen and oxygen atoms in total. The molecule has 8 heteroatoms. The molecule has 0 saturated carbocycles. The Morgan fingerprint density at radius 1 is 1.04 bits per heavy atom. The van der Waals surface area contributed by atoms with Gasteiger partial charge in [0.05, 0.1) is 5.56 Å². The summed E-state index contributed by atoms with van der Waals surface area (Å²) in [5.41, 5.74) is 1.97. The number of aromatic nitrogens is 3. The van der Waals surface area contributed by atoms with Gasteiger partial charge in [-0.25, -0.2) is 0 Å². The van der Waals surface area contributed by atoms with Crippen LogP contribution < -0.4 is 4.90 Å². The standard InChI is InChI=1S/C19H19F3N4S/c1-25(2)16-9-7-14(8-10-16)17-23-24-18(26(17)3)27-12-13-5-4-6-15(11-13)19(20,21)22/h4-11H,12H2,1-3H3. The van der Waals surface area contributed by atoms with E-state index < -0.39 is 11.7 Å². The molecular formula is C19H19F3N4S. The second-order valence-electron chi connectivity index (χ2n) is 6.29. The summed E-state index contributed by atoms with van der Waals surface area (Å²) in [7, 11) is 5.80. The SMILES string of the molecule is CN(C)c1ccc(-c2nnc(SCc3cccc(C(F)(F)F)c3)n2C)cc1. The van der Waals surface area contributed by atoms with Gasteiger partial charge >= 0.3 is 6.18 Å². The summed E-state index contributed by atoms with van der Waals surface area (Å²) in [5.74, 6) is 1.10. The number of anilines is 1. The van der Waals surface area contributed by atoms with Crippen LogP contribution in [0.1, 0.15) is 11.1 Å². The van der Waals surface area contributed by atoms with E-state index >= 15 is 0 Å². The van der Waals surface area contributed by atoms with E-state index in [0.29, 0.717) is 22.3 Å². The van der Waals surface area contributed by atoms with Crippen molar-refractivity contribution in [3.63, 3.8) is 0 Å². The molecule has 0 N–H and O–H groups in total. The first-order valence-electron chi connectivity index (χ1n) is 8.22. The van der Waals surface area contributed by atoms with Crippen LogP contribution in [0.3, 0.4) is 0 Å². The first kappa shape index (κ1) is 19.3. The fraction of sp³-hybridized carbons (Fsp3) is 0.263.